The van der Waals surface area contributed by atoms with Crippen LogP contribution in [0.3, 0.4) is 0 Å². The molecule has 0 N–H and O–H groups in total. The van der Waals surface area contributed by atoms with Crippen molar-refractivity contribution < 1.29 is 4.79 Å². The zero-order valence-electron chi connectivity index (χ0n) is 19.6. The van der Waals surface area contributed by atoms with Gasteiger partial charge in [-0.1, -0.05) is 39.3 Å². The molecule has 30 heavy (non-hydrogen) atoms. The van der Waals surface area contributed by atoms with Crippen molar-refractivity contribution in [1.82, 2.24) is 9.55 Å². The van der Waals surface area contributed by atoms with Crippen LogP contribution in [0.2, 0.25) is 0 Å². The Labute approximate surface area is 182 Å². The average molecular weight is 409 g/mol. The van der Waals surface area contributed by atoms with Crippen LogP contribution in [0.15, 0.2) is 18.2 Å². The Morgan fingerprint density at radius 3 is 2.60 bits per heavy atom. The number of hydrogen-bond donors (Lipinski definition) is 0. The molecular weight excluding hydrogens is 368 g/mol. The summed E-state index contributed by atoms with van der Waals surface area (Å²) < 4.78 is 2.59. The van der Waals surface area contributed by atoms with E-state index in [4.69, 9.17) is 4.98 Å². The first-order valence-corrected chi connectivity index (χ1v) is 12.4. The van der Waals surface area contributed by atoms with E-state index in [1.165, 1.54) is 49.0 Å². The highest BCUT2D eigenvalue weighted by Gasteiger charge is 2.39. The second-order valence-electron chi connectivity index (χ2n) is 10.9. The predicted octanol–water partition coefficient (Wildman–Crippen LogP) is 7.00. The van der Waals surface area contributed by atoms with E-state index in [-0.39, 0.29) is 11.0 Å². The summed E-state index contributed by atoms with van der Waals surface area (Å²) >= 11 is 0. The second kappa shape index (κ2) is 8.48. The highest BCUT2D eigenvalue weighted by molar-refractivity contribution is 5.80. The first kappa shape index (κ1) is 21.6. The fourth-order valence-electron chi connectivity index (χ4n) is 5.59. The first-order valence-electron chi connectivity index (χ1n) is 12.4. The van der Waals surface area contributed by atoms with Gasteiger partial charge in [-0.3, -0.25) is 4.79 Å². The molecule has 1 heterocycles. The van der Waals surface area contributed by atoms with E-state index >= 15 is 0 Å². The lowest BCUT2D eigenvalue weighted by molar-refractivity contribution is -0.121. The lowest BCUT2D eigenvalue weighted by Crippen LogP contribution is -2.38. The number of benzene rings is 1. The number of para-hydroxylation sites is 1. The fourth-order valence-corrected chi connectivity index (χ4v) is 5.59. The molecule has 0 spiro atoms. The Hall–Kier alpha value is -1.64. The molecule has 0 amide bonds. The number of unbranched alkanes of at least 4 members (excludes halogenated alkanes) is 1. The van der Waals surface area contributed by atoms with Crippen molar-refractivity contribution in [3.8, 4) is 0 Å². The lowest BCUT2D eigenvalue weighted by atomic mass is 9.77. The molecule has 3 heteroatoms. The van der Waals surface area contributed by atoms with E-state index < -0.39 is 0 Å². The third-order valence-corrected chi connectivity index (χ3v) is 7.76. The van der Waals surface area contributed by atoms with Crippen LogP contribution in [0.5, 0.6) is 0 Å². The molecule has 0 radical (unpaired) electrons. The van der Waals surface area contributed by atoms with Gasteiger partial charge in [0.05, 0.1) is 11.0 Å². The summed E-state index contributed by atoms with van der Waals surface area (Å²) in [5.41, 5.74) is 4.40. The quantitative estimate of drug-likeness (QED) is 0.375. The van der Waals surface area contributed by atoms with Gasteiger partial charge in [-0.15, -0.1) is 0 Å². The zero-order valence-corrected chi connectivity index (χ0v) is 19.6. The number of carbonyl (C=O) groups is 1. The van der Waals surface area contributed by atoms with Gasteiger partial charge in [-0.2, -0.15) is 0 Å². The Morgan fingerprint density at radius 1 is 1.20 bits per heavy atom. The van der Waals surface area contributed by atoms with Crippen LogP contribution >= 0.6 is 0 Å². The fraction of sp³-hybridized carbons (Fsp3) is 0.704. The van der Waals surface area contributed by atoms with Crippen LogP contribution in [0.25, 0.3) is 11.0 Å². The maximum absolute atomic E-state index is 12.5. The number of imidazole rings is 1. The lowest BCUT2D eigenvalue weighted by Gasteiger charge is -2.41. The molecule has 164 valence electrons. The van der Waals surface area contributed by atoms with Gasteiger partial charge in [0.25, 0.3) is 0 Å². The van der Waals surface area contributed by atoms with Crippen LogP contribution in [0, 0.1) is 11.3 Å². The highest BCUT2D eigenvalue weighted by Crippen LogP contribution is 2.47. The van der Waals surface area contributed by atoms with Crippen molar-refractivity contribution in [2.45, 2.75) is 110 Å². The average Bonchev–Trinajstić information content (AvgIpc) is 3.46. The van der Waals surface area contributed by atoms with Gasteiger partial charge in [0.15, 0.2) is 0 Å². The Kier molecular flexibility index (Phi) is 6.10. The van der Waals surface area contributed by atoms with Crippen molar-refractivity contribution in [2.75, 3.05) is 0 Å². The summed E-state index contributed by atoms with van der Waals surface area (Å²) in [6.07, 6.45) is 13.2. The molecule has 2 fully saturated rings. The van der Waals surface area contributed by atoms with Crippen molar-refractivity contribution in [3.63, 3.8) is 0 Å². The van der Waals surface area contributed by atoms with Crippen LogP contribution in [-0.2, 0) is 23.2 Å². The van der Waals surface area contributed by atoms with Crippen molar-refractivity contribution in [2.24, 2.45) is 11.3 Å². The number of aromatic nitrogens is 2. The van der Waals surface area contributed by atoms with Crippen LogP contribution in [-0.4, -0.2) is 15.3 Å². The third kappa shape index (κ3) is 4.36. The number of ketones is 1. The number of fused-ring (bicyclic) bond motifs is 1. The molecule has 0 unspecified atom stereocenters. The number of rotatable bonds is 11. The summed E-state index contributed by atoms with van der Waals surface area (Å²) in [6.45, 7) is 9.22. The van der Waals surface area contributed by atoms with E-state index in [2.05, 4.69) is 50.5 Å². The summed E-state index contributed by atoms with van der Waals surface area (Å²) in [5.74, 6) is 2.47. The molecule has 0 atom stereocenters. The monoisotopic (exact) mass is 408 g/mol. The predicted molar refractivity (Wildman–Crippen MR) is 125 cm³/mol. The Balaban J connectivity index is 1.44. The van der Waals surface area contributed by atoms with E-state index in [1.54, 1.807) is 0 Å². The van der Waals surface area contributed by atoms with E-state index in [0.717, 1.165) is 56.4 Å². The van der Waals surface area contributed by atoms with E-state index in [0.29, 0.717) is 5.78 Å². The van der Waals surface area contributed by atoms with Gasteiger partial charge in [0.2, 0.25) is 0 Å². The molecule has 0 aliphatic heterocycles. The summed E-state index contributed by atoms with van der Waals surface area (Å²) in [6, 6.07) is 6.63. The van der Waals surface area contributed by atoms with E-state index in [9.17, 15) is 4.79 Å². The van der Waals surface area contributed by atoms with Crippen molar-refractivity contribution >= 4 is 16.8 Å². The minimum absolute atomic E-state index is 0.208. The largest absolute Gasteiger partial charge is 0.322 e. The molecule has 1 aromatic heterocycles. The van der Waals surface area contributed by atoms with Gasteiger partial charge in [0.1, 0.15) is 11.6 Å². The Bertz CT molecular complexity index is 899. The molecule has 2 aromatic rings. The number of nitrogens with zero attached hydrogens (tertiary/aromatic N) is 2. The van der Waals surface area contributed by atoms with Gasteiger partial charge in [0, 0.05) is 24.8 Å². The minimum Gasteiger partial charge on any atom is -0.322 e. The number of aryl methyl sites for hydroxylation is 2. The van der Waals surface area contributed by atoms with Crippen molar-refractivity contribution in [1.29, 1.82) is 0 Å². The molecule has 1 aromatic carbocycles. The van der Waals surface area contributed by atoms with Gasteiger partial charge in [-0.05, 0) is 81.3 Å². The SMILES string of the molecule is CCCc1cccc2nc(CCCCC(=O)CC(C)(C)C3CC3)n(C3(C)CCC3)c12. The summed E-state index contributed by atoms with van der Waals surface area (Å²) in [7, 11) is 0. The normalized spacial score (nSPS) is 18.5. The Morgan fingerprint density at radius 2 is 1.97 bits per heavy atom. The van der Waals surface area contributed by atoms with Crippen molar-refractivity contribution in [3.05, 3.63) is 29.6 Å². The van der Waals surface area contributed by atoms with E-state index in [1.807, 2.05) is 0 Å². The first-order chi connectivity index (χ1) is 14.3. The minimum atomic E-state index is 0.208. The number of carbonyl (C=O) groups excluding carboxylic acids is 1. The van der Waals surface area contributed by atoms with Gasteiger partial charge in [-0.25, -0.2) is 4.98 Å². The molecule has 0 bridgehead atoms. The second-order valence-corrected chi connectivity index (χ2v) is 10.9. The molecule has 0 saturated heterocycles. The molecule has 2 saturated carbocycles. The standard InChI is InChI=1S/C27H40N2O/c1-5-10-20-11-8-13-23-25(20)29(27(4)17-9-18-27)24(28-23)14-7-6-12-22(30)19-26(2,3)21-15-16-21/h8,11,13,21H,5-7,9-10,12,14-19H2,1-4H3. The topological polar surface area (TPSA) is 34.9 Å². The maximum Gasteiger partial charge on any atom is 0.133 e. The number of hydrogen-bond acceptors (Lipinski definition) is 2. The van der Waals surface area contributed by atoms with Crippen LogP contribution in [0.1, 0.15) is 103 Å². The molecule has 2 aliphatic carbocycles. The number of Topliss-reactive ketones (excluding diaryl/α,β-unsaturated/α-hetero) is 1. The smallest absolute Gasteiger partial charge is 0.133 e. The molecule has 4 rings (SSSR count). The summed E-state index contributed by atoms with van der Waals surface area (Å²) in [5, 5.41) is 0. The molecule has 2 aliphatic rings. The van der Waals surface area contributed by atoms with Gasteiger partial charge < -0.3 is 4.57 Å². The summed E-state index contributed by atoms with van der Waals surface area (Å²) in [4.78, 5) is 17.6. The maximum atomic E-state index is 12.5. The molecule has 3 nitrogen and oxygen atoms in total. The molecular formula is C27H40N2O. The third-order valence-electron chi connectivity index (χ3n) is 7.76. The van der Waals surface area contributed by atoms with Gasteiger partial charge >= 0.3 is 0 Å². The highest BCUT2D eigenvalue weighted by atomic mass is 16.1. The zero-order chi connectivity index (χ0) is 21.4. The van der Waals surface area contributed by atoms with Crippen LogP contribution in [0.4, 0.5) is 0 Å². The van der Waals surface area contributed by atoms with Crippen LogP contribution < -0.4 is 0 Å².